The summed E-state index contributed by atoms with van der Waals surface area (Å²) in [4.78, 5) is 13.7. The number of carbonyl (C=O) groups excluding carboxylic acids is 1. The third-order valence-electron chi connectivity index (χ3n) is 3.19. The molecule has 17 heavy (non-hydrogen) atoms. The molecule has 0 bridgehead atoms. The molecule has 1 saturated heterocycles. The lowest BCUT2D eigenvalue weighted by molar-refractivity contribution is 0.186. The second-order valence-electron chi connectivity index (χ2n) is 4.69. The zero-order chi connectivity index (χ0) is 12.3. The normalized spacial score (nSPS) is 15.9. The van der Waals surface area contributed by atoms with Crippen LogP contribution in [0.1, 0.15) is 44.9 Å². The van der Waals surface area contributed by atoms with E-state index in [0.29, 0.717) is 0 Å². The largest absolute Gasteiger partial charge is 0.338 e. The van der Waals surface area contributed by atoms with Gasteiger partial charge in [-0.3, -0.25) is 0 Å². The third-order valence-corrected chi connectivity index (χ3v) is 3.89. The van der Waals surface area contributed by atoms with Crippen molar-refractivity contribution >= 4 is 17.8 Å². The minimum Gasteiger partial charge on any atom is -0.338 e. The zero-order valence-electron chi connectivity index (χ0n) is 11.0. The van der Waals surface area contributed by atoms with Crippen LogP contribution in [-0.2, 0) is 0 Å². The summed E-state index contributed by atoms with van der Waals surface area (Å²) in [6, 6.07) is 0.147. The first-order chi connectivity index (χ1) is 8.34. The van der Waals surface area contributed by atoms with E-state index in [1.165, 1.54) is 44.3 Å². The summed E-state index contributed by atoms with van der Waals surface area (Å²) in [6.45, 7) is 2.73. The first kappa shape index (κ1) is 14.7. The van der Waals surface area contributed by atoms with Gasteiger partial charge in [-0.05, 0) is 44.1 Å². The number of urea groups is 1. The van der Waals surface area contributed by atoms with E-state index in [-0.39, 0.29) is 6.03 Å². The Morgan fingerprint density at radius 1 is 1.12 bits per heavy atom. The smallest absolute Gasteiger partial charge is 0.317 e. The Kier molecular flexibility index (Phi) is 8.32. The molecule has 2 amide bonds. The van der Waals surface area contributed by atoms with Crippen molar-refractivity contribution in [2.45, 2.75) is 44.9 Å². The number of likely N-dealkylation sites (tertiary alicyclic amines) is 1. The predicted octanol–water partition coefficient (Wildman–Crippen LogP) is 3.11. The van der Waals surface area contributed by atoms with Crippen molar-refractivity contribution in [3.63, 3.8) is 0 Å². The molecule has 1 aliphatic rings. The van der Waals surface area contributed by atoms with Crippen LogP contribution in [-0.4, -0.2) is 42.6 Å². The van der Waals surface area contributed by atoms with Gasteiger partial charge in [-0.15, -0.1) is 0 Å². The molecule has 1 fully saturated rings. The summed E-state index contributed by atoms with van der Waals surface area (Å²) in [5.74, 6) is 1.26. The van der Waals surface area contributed by atoms with Crippen molar-refractivity contribution < 1.29 is 4.79 Å². The number of amides is 2. The second kappa shape index (κ2) is 9.63. The summed E-state index contributed by atoms with van der Waals surface area (Å²) >= 11 is 1.91. The summed E-state index contributed by atoms with van der Waals surface area (Å²) in [5.41, 5.74) is 0. The molecule has 0 radical (unpaired) electrons. The molecule has 0 aliphatic carbocycles. The van der Waals surface area contributed by atoms with E-state index in [0.717, 1.165) is 26.1 Å². The van der Waals surface area contributed by atoms with Gasteiger partial charge in [0.2, 0.25) is 0 Å². The van der Waals surface area contributed by atoms with Crippen molar-refractivity contribution in [3.8, 4) is 0 Å². The quantitative estimate of drug-likeness (QED) is 0.712. The third kappa shape index (κ3) is 6.81. The van der Waals surface area contributed by atoms with Crippen LogP contribution >= 0.6 is 11.8 Å². The van der Waals surface area contributed by atoms with Crippen LogP contribution in [0.2, 0.25) is 0 Å². The number of hydrogen-bond donors (Lipinski definition) is 1. The van der Waals surface area contributed by atoms with E-state index in [2.05, 4.69) is 11.6 Å². The lowest BCUT2D eigenvalue weighted by atomic mass is 10.1. The molecule has 0 unspecified atom stereocenters. The average Bonchev–Trinajstić information content (AvgIpc) is 2.38. The summed E-state index contributed by atoms with van der Waals surface area (Å²) in [6.07, 6.45) is 10.7. The Morgan fingerprint density at radius 2 is 1.82 bits per heavy atom. The summed E-state index contributed by atoms with van der Waals surface area (Å²) in [5, 5.41) is 3.03. The Hall–Kier alpha value is -0.380. The molecule has 1 aliphatic heterocycles. The number of nitrogens with zero attached hydrogens (tertiary/aromatic N) is 1. The van der Waals surface area contributed by atoms with E-state index in [9.17, 15) is 4.79 Å². The number of rotatable bonds is 7. The fourth-order valence-corrected chi connectivity index (χ4v) is 2.62. The molecule has 3 nitrogen and oxygen atoms in total. The molecule has 0 aromatic heterocycles. The predicted molar refractivity (Wildman–Crippen MR) is 75.7 cm³/mol. The van der Waals surface area contributed by atoms with Crippen LogP contribution in [0.25, 0.3) is 0 Å². The summed E-state index contributed by atoms with van der Waals surface area (Å²) in [7, 11) is 0. The van der Waals surface area contributed by atoms with E-state index in [4.69, 9.17) is 0 Å². The molecule has 100 valence electrons. The van der Waals surface area contributed by atoms with Crippen molar-refractivity contribution in [2.75, 3.05) is 31.6 Å². The van der Waals surface area contributed by atoms with Gasteiger partial charge in [-0.25, -0.2) is 4.79 Å². The highest BCUT2D eigenvalue weighted by molar-refractivity contribution is 7.98. The van der Waals surface area contributed by atoms with Crippen molar-refractivity contribution in [2.24, 2.45) is 0 Å². The van der Waals surface area contributed by atoms with Crippen LogP contribution in [0.5, 0.6) is 0 Å². The maximum atomic E-state index is 11.7. The highest BCUT2D eigenvalue weighted by Gasteiger charge is 2.15. The van der Waals surface area contributed by atoms with Gasteiger partial charge in [0.15, 0.2) is 0 Å². The van der Waals surface area contributed by atoms with Gasteiger partial charge in [0.1, 0.15) is 0 Å². The van der Waals surface area contributed by atoms with E-state index < -0.39 is 0 Å². The molecule has 1 heterocycles. The lowest BCUT2D eigenvalue weighted by Crippen LogP contribution is -2.43. The molecule has 0 atom stereocenters. The standard InChI is InChI=1S/C13H26N2OS/c1-17-12-8-3-2-5-9-14-13(16)15-10-6-4-7-11-15/h2-12H2,1H3,(H,14,16). The molecule has 1 N–H and O–H groups in total. The van der Waals surface area contributed by atoms with Crippen LogP contribution in [0.4, 0.5) is 4.79 Å². The second-order valence-corrected chi connectivity index (χ2v) is 5.67. The number of unbranched alkanes of at least 4 members (excludes halogenated alkanes) is 3. The number of nitrogens with one attached hydrogen (secondary N) is 1. The minimum absolute atomic E-state index is 0.147. The van der Waals surface area contributed by atoms with Gasteiger partial charge in [0.05, 0.1) is 0 Å². The van der Waals surface area contributed by atoms with E-state index in [1.54, 1.807) is 0 Å². The average molecular weight is 258 g/mol. The Balaban J connectivity index is 1.92. The van der Waals surface area contributed by atoms with Gasteiger partial charge in [-0.1, -0.05) is 12.8 Å². The lowest BCUT2D eigenvalue weighted by Gasteiger charge is -2.26. The monoisotopic (exact) mass is 258 g/mol. The summed E-state index contributed by atoms with van der Waals surface area (Å²) < 4.78 is 0. The van der Waals surface area contributed by atoms with Gasteiger partial charge >= 0.3 is 6.03 Å². The fraction of sp³-hybridized carbons (Fsp3) is 0.923. The Labute approximate surface area is 110 Å². The molecule has 0 aromatic rings. The van der Waals surface area contributed by atoms with Crippen LogP contribution < -0.4 is 5.32 Å². The number of hydrogen-bond acceptors (Lipinski definition) is 2. The van der Waals surface area contributed by atoms with Crippen LogP contribution in [0.15, 0.2) is 0 Å². The molecule has 0 saturated carbocycles. The van der Waals surface area contributed by atoms with Crippen molar-refractivity contribution in [1.29, 1.82) is 0 Å². The fourth-order valence-electron chi connectivity index (χ4n) is 2.13. The highest BCUT2D eigenvalue weighted by Crippen LogP contribution is 2.08. The molecule has 1 rings (SSSR count). The number of piperidine rings is 1. The minimum atomic E-state index is 0.147. The van der Waals surface area contributed by atoms with Crippen molar-refractivity contribution in [1.82, 2.24) is 10.2 Å². The molecular weight excluding hydrogens is 232 g/mol. The molecule has 4 heteroatoms. The van der Waals surface area contributed by atoms with Gasteiger partial charge in [0.25, 0.3) is 0 Å². The molecule has 0 spiro atoms. The first-order valence-electron chi connectivity index (χ1n) is 6.86. The van der Waals surface area contributed by atoms with Crippen LogP contribution in [0.3, 0.4) is 0 Å². The maximum Gasteiger partial charge on any atom is 0.317 e. The SMILES string of the molecule is CSCCCCCCNC(=O)N1CCCCC1. The topological polar surface area (TPSA) is 32.3 Å². The van der Waals surface area contributed by atoms with Gasteiger partial charge in [0, 0.05) is 19.6 Å². The number of carbonyl (C=O) groups is 1. The molecular formula is C13H26N2OS. The van der Waals surface area contributed by atoms with Gasteiger partial charge in [-0.2, -0.15) is 11.8 Å². The Morgan fingerprint density at radius 3 is 2.53 bits per heavy atom. The van der Waals surface area contributed by atoms with E-state index in [1.807, 2.05) is 16.7 Å². The van der Waals surface area contributed by atoms with E-state index >= 15 is 0 Å². The van der Waals surface area contributed by atoms with Crippen molar-refractivity contribution in [3.05, 3.63) is 0 Å². The zero-order valence-corrected chi connectivity index (χ0v) is 11.9. The van der Waals surface area contributed by atoms with Gasteiger partial charge < -0.3 is 10.2 Å². The number of thioether (sulfide) groups is 1. The molecule has 0 aromatic carbocycles. The maximum absolute atomic E-state index is 11.7. The highest BCUT2D eigenvalue weighted by atomic mass is 32.2. The first-order valence-corrected chi connectivity index (χ1v) is 8.25. The Bertz CT molecular complexity index is 206. The van der Waals surface area contributed by atoms with Crippen LogP contribution in [0, 0.1) is 0 Å².